The lowest BCUT2D eigenvalue weighted by Gasteiger charge is -2.27. The molecule has 1 N–H and O–H groups in total. The Kier molecular flexibility index (Phi) is 4.72. The second-order valence-corrected chi connectivity index (χ2v) is 7.56. The molecule has 2 saturated heterocycles. The number of likely N-dealkylation sites (tertiary alicyclic amines) is 1. The number of rotatable bonds is 2. The molecule has 1 atom stereocenters. The summed E-state index contributed by atoms with van der Waals surface area (Å²) in [6, 6.07) is -0.186. The number of hydrogen-bond donors (Lipinski definition) is 1. The largest absolute Gasteiger partial charge is 0.481 e. The van der Waals surface area contributed by atoms with E-state index in [4.69, 9.17) is 0 Å². The van der Waals surface area contributed by atoms with Crippen molar-refractivity contribution in [2.45, 2.75) is 12.8 Å². The molecule has 0 aliphatic carbocycles. The van der Waals surface area contributed by atoms with E-state index in [9.17, 15) is 23.1 Å². The number of carboxylic acid groups (broad SMARTS) is 1. The Morgan fingerprint density at radius 2 is 1.62 bits per heavy atom. The molecule has 21 heavy (non-hydrogen) atoms. The lowest BCUT2D eigenvalue weighted by atomic mass is 10.1. The van der Waals surface area contributed by atoms with E-state index in [0.29, 0.717) is 13.1 Å². The van der Waals surface area contributed by atoms with Gasteiger partial charge in [0.2, 0.25) is 10.0 Å². The first kappa shape index (κ1) is 16.0. The van der Waals surface area contributed by atoms with Crippen molar-refractivity contribution in [1.82, 2.24) is 14.1 Å². The summed E-state index contributed by atoms with van der Waals surface area (Å²) in [6.45, 7) is 1.70. The predicted octanol–water partition coefficient (Wildman–Crippen LogP) is -0.520. The van der Waals surface area contributed by atoms with E-state index >= 15 is 0 Å². The van der Waals surface area contributed by atoms with Gasteiger partial charge in [-0.1, -0.05) is 0 Å². The van der Waals surface area contributed by atoms with Crippen LogP contribution in [0.3, 0.4) is 0 Å². The third-order valence-electron chi connectivity index (χ3n) is 3.95. The molecule has 0 unspecified atom stereocenters. The van der Waals surface area contributed by atoms with Gasteiger partial charge in [0.15, 0.2) is 0 Å². The monoisotopic (exact) mass is 319 g/mol. The predicted molar refractivity (Wildman–Crippen MR) is 75.3 cm³/mol. The lowest BCUT2D eigenvalue weighted by molar-refractivity contribution is -0.142. The molecule has 9 heteroatoms. The van der Waals surface area contributed by atoms with Crippen LogP contribution in [0.15, 0.2) is 0 Å². The topological polar surface area (TPSA) is 98.2 Å². The Balaban J connectivity index is 2.13. The molecule has 2 amide bonds. The van der Waals surface area contributed by atoms with Gasteiger partial charge in [0, 0.05) is 39.3 Å². The smallest absolute Gasteiger partial charge is 0.320 e. The van der Waals surface area contributed by atoms with Crippen molar-refractivity contribution in [3.8, 4) is 0 Å². The molecule has 120 valence electrons. The quantitative estimate of drug-likeness (QED) is 0.738. The Labute approximate surface area is 124 Å². The molecule has 0 saturated carbocycles. The maximum atomic E-state index is 12.4. The molecule has 0 aromatic heterocycles. The van der Waals surface area contributed by atoms with Gasteiger partial charge in [-0.25, -0.2) is 13.2 Å². The summed E-state index contributed by atoms with van der Waals surface area (Å²) >= 11 is 0. The Morgan fingerprint density at radius 1 is 1.00 bits per heavy atom. The second kappa shape index (κ2) is 6.18. The van der Waals surface area contributed by atoms with Crippen molar-refractivity contribution in [2.24, 2.45) is 5.92 Å². The van der Waals surface area contributed by atoms with E-state index in [1.165, 1.54) is 4.90 Å². The number of nitrogens with zero attached hydrogens (tertiary/aromatic N) is 3. The van der Waals surface area contributed by atoms with Crippen LogP contribution in [0.1, 0.15) is 12.8 Å². The average Bonchev–Trinajstić information content (AvgIpc) is 2.81. The van der Waals surface area contributed by atoms with Crippen LogP contribution in [0.25, 0.3) is 0 Å². The van der Waals surface area contributed by atoms with E-state index in [-0.39, 0.29) is 32.2 Å². The SMILES string of the molecule is CS(=O)(=O)N1CCN(C(=O)N2CCCC2)C[C@H](C(=O)O)C1. The van der Waals surface area contributed by atoms with Crippen molar-refractivity contribution in [2.75, 3.05) is 45.5 Å². The Hall–Kier alpha value is -1.35. The Morgan fingerprint density at radius 3 is 2.14 bits per heavy atom. The first-order chi connectivity index (χ1) is 9.79. The summed E-state index contributed by atoms with van der Waals surface area (Å²) in [7, 11) is -3.47. The maximum absolute atomic E-state index is 12.4. The molecule has 0 spiro atoms. The molecular weight excluding hydrogens is 298 g/mol. The molecular formula is C12H21N3O5S. The fraction of sp³-hybridized carbons (Fsp3) is 0.833. The van der Waals surface area contributed by atoms with Gasteiger partial charge in [0.1, 0.15) is 0 Å². The van der Waals surface area contributed by atoms with Gasteiger partial charge in [0.05, 0.1) is 12.2 Å². The Bertz CT molecular complexity index is 515. The zero-order valence-corrected chi connectivity index (χ0v) is 12.9. The first-order valence-electron chi connectivity index (χ1n) is 7.01. The van der Waals surface area contributed by atoms with Gasteiger partial charge in [-0.2, -0.15) is 4.31 Å². The number of sulfonamides is 1. The van der Waals surface area contributed by atoms with E-state index in [1.54, 1.807) is 4.90 Å². The summed E-state index contributed by atoms with van der Waals surface area (Å²) in [6.07, 6.45) is 2.97. The molecule has 0 bridgehead atoms. The van der Waals surface area contributed by atoms with Crippen molar-refractivity contribution >= 4 is 22.0 Å². The molecule has 2 rings (SSSR count). The zero-order valence-electron chi connectivity index (χ0n) is 12.1. The van der Waals surface area contributed by atoms with E-state index in [2.05, 4.69) is 0 Å². The summed E-state index contributed by atoms with van der Waals surface area (Å²) in [4.78, 5) is 26.8. The van der Waals surface area contributed by atoms with E-state index in [1.807, 2.05) is 0 Å². The molecule has 2 aliphatic rings. The highest BCUT2D eigenvalue weighted by atomic mass is 32.2. The van der Waals surface area contributed by atoms with Crippen molar-refractivity contribution in [3.63, 3.8) is 0 Å². The highest BCUT2D eigenvalue weighted by Gasteiger charge is 2.34. The first-order valence-corrected chi connectivity index (χ1v) is 8.85. The van der Waals surface area contributed by atoms with Crippen LogP contribution in [0.5, 0.6) is 0 Å². The fourth-order valence-corrected chi connectivity index (χ4v) is 3.59. The molecule has 2 heterocycles. The van der Waals surface area contributed by atoms with Crippen LogP contribution in [-0.2, 0) is 14.8 Å². The molecule has 2 fully saturated rings. The summed E-state index contributed by atoms with van der Waals surface area (Å²) in [5, 5.41) is 9.24. The molecule has 0 aromatic carbocycles. The van der Waals surface area contributed by atoms with Crippen LogP contribution in [0.2, 0.25) is 0 Å². The van der Waals surface area contributed by atoms with Crippen LogP contribution in [0.4, 0.5) is 4.79 Å². The highest BCUT2D eigenvalue weighted by Crippen LogP contribution is 2.17. The van der Waals surface area contributed by atoms with Gasteiger partial charge in [-0.05, 0) is 12.8 Å². The minimum Gasteiger partial charge on any atom is -0.481 e. The summed E-state index contributed by atoms with van der Waals surface area (Å²) in [5.41, 5.74) is 0. The number of carbonyl (C=O) groups excluding carboxylic acids is 1. The van der Waals surface area contributed by atoms with Gasteiger partial charge in [0.25, 0.3) is 0 Å². The van der Waals surface area contributed by atoms with Crippen LogP contribution in [-0.4, -0.2) is 85.2 Å². The number of aliphatic carboxylic acids is 1. The molecule has 2 aliphatic heterocycles. The van der Waals surface area contributed by atoms with E-state index < -0.39 is 21.9 Å². The summed E-state index contributed by atoms with van der Waals surface area (Å²) in [5.74, 6) is -1.97. The number of hydrogen-bond acceptors (Lipinski definition) is 4. The van der Waals surface area contributed by atoms with Gasteiger partial charge < -0.3 is 14.9 Å². The van der Waals surface area contributed by atoms with Gasteiger partial charge in [-0.3, -0.25) is 4.79 Å². The number of amides is 2. The van der Waals surface area contributed by atoms with Crippen molar-refractivity contribution < 1.29 is 23.1 Å². The molecule has 0 radical (unpaired) electrons. The normalized spacial score (nSPS) is 24.9. The standard InChI is InChI=1S/C12H21N3O5S/c1-21(19,20)15-7-6-14(8-10(9-15)11(16)17)12(18)13-4-2-3-5-13/h10H,2-9H2,1H3,(H,16,17)/t10-/m0/s1. The molecule has 0 aromatic rings. The van der Waals surface area contributed by atoms with Crippen LogP contribution >= 0.6 is 0 Å². The fourth-order valence-electron chi connectivity index (χ4n) is 2.72. The third kappa shape index (κ3) is 3.85. The van der Waals surface area contributed by atoms with Crippen molar-refractivity contribution in [3.05, 3.63) is 0 Å². The second-order valence-electron chi connectivity index (χ2n) is 5.58. The minimum absolute atomic E-state index is 0.0523. The van der Waals surface area contributed by atoms with Gasteiger partial charge in [-0.15, -0.1) is 0 Å². The van der Waals surface area contributed by atoms with Crippen LogP contribution < -0.4 is 0 Å². The average molecular weight is 319 g/mol. The van der Waals surface area contributed by atoms with Crippen LogP contribution in [0, 0.1) is 5.92 Å². The minimum atomic E-state index is -3.47. The maximum Gasteiger partial charge on any atom is 0.320 e. The van der Waals surface area contributed by atoms with Crippen molar-refractivity contribution in [1.29, 1.82) is 0 Å². The number of carbonyl (C=O) groups is 2. The number of carboxylic acids is 1. The summed E-state index contributed by atoms with van der Waals surface area (Å²) < 4.78 is 24.5. The zero-order chi connectivity index (χ0) is 15.6. The lowest BCUT2D eigenvalue weighted by Crippen LogP contribution is -2.45. The molecule has 8 nitrogen and oxygen atoms in total. The number of urea groups is 1. The highest BCUT2D eigenvalue weighted by molar-refractivity contribution is 7.88. The van der Waals surface area contributed by atoms with E-state index in [0.717, 1.165) is 23.4 Å². The van der Waals surface area contributed by atoms with Gasteiger partial charge >= 0.3 is 12.0 Å². The third-order valence-corrected chi connectivity index (χ3v) is 5.22.